The minimum Gasteiger partial charge on any atom is -0.456 e. The first-order valence-corrected chi connectivity index (χ1v) is 8.10. The molecule has 0 N–H and O–H groups in total. The summed E-state index contributed by atoms with van der Waals surface area (Å²) in [6.07, 6.45) is 1.97. The number of likely N-dealkylation sites (tertiary alicyclic amines) is 1. The summed E-state index contributed by atoms with van der Waals surface area (Å²) in [7, 11) is 1.76. The number of piperidine rings is 1. The molecule has 1 amide bonds. The number of amides is 1. The van der Waals surface area contributed by atoms with Crippen molar-refractivity contribution in [2.45, 2.75) is 25.9 Å². The lowest BCUT2D eigenvalue weighted by Crippen LogP contribution is -2.47. The third-order valence-corrected chi connectivity index (χ3v) is 4.55. The molecule has 23 heavy (non-hydrogen) atoms. The van der Waals surface area contributed by atoms with Gasteiger partial charge in [-0.15, -0.1) is 0 Å². The minimum absolute atomic E-state index is 0.0225. The molecule has 0 aliphatic carbocycles. The highest BCUT2D eigenvalue weighted by molar-refractivity contribution is 5.91. The van der Waals surface area contributed by atoms with Crippen molar-refractivity contribution in [1.82, 2.24) is 4.90 Å². The summed E-state index contributed by atoms with van der Waals surface area (Å²) < 4.78 is 11.1. The number of carbonyl (C=O) groups is 1. The summed E-state index contributed by atoms with van der Waals surface area (Å²) in [6.45, 7) is 3.26. The van der Waals surface area contributed by atoms with Gasteiger partial charge in [0.05, 0.1) is 6.10 Å². The molecule has 2 aromatic rings. The third-order valence-electron chi connectivity index (χ3n) is 4.55. The van der Waals surface area contributed by atoms with Crippen LogP contribution in [-0.4, -0.2) is 37.1 Å². The van der Waals surface area contributed by atoms with Crippen LogP contribution < -0.4 is 0 Å². The first-order chi connectivity index (χ1) is 11.2. The predicted octanol–water partition coefficient (Wildman–Crippen LogP) is 3.31. The van der Waals surface area contributed by atoms with Crippen LogP contribution in [0.1, 0.15) is 28.3 Å². The van der Waals surface area contributed by atoms with Crippen LogP contribution in [0.4, 0.5) is 0 Å². The molecule has 4 heteroatoms. The van der Waals surface area contributed by atoms with Gasteiger partial charge in [0.2, 0.25) is 0 Å². The molecule has 1 aliphatic rings. The van der Waals surface area contributed by atoms with Gasteiger partial charge in [-0.2, -0.15) is 0 Å². The molecular formula is C19H23NO3. The fourth-order valence-corrected chi connectivity index (χ4v) is 3.32. The summed E-state index contributed by atoms with van der Waals surface area (Å²) in [5.41, 5.74) is 1.28. The summed E-state index contributed by atoms with van der Waals surface area (Å²) in [5, 5.41) is 0. The maximum atomic E-state index is 12.6. The Morgan fingerprint density at radius 3 is 2.70 bits per heavy atom. The normalized spacial score (nSPS) is 21.4. The van der Waals surface area contributed by atoms with Gasteiger partial charge in [-0.1, -0.05) is 30.3 Å². The minimum atomic E-state index is -0.0225. The molecule has 0 bridgehead atoms. The summed E-state index contributed by atoms with van der Waals surface area (Å²) >= 11 is 0. The Balaban J connectivity index is 1.71. The van der Waals surface area contributed by atoms with Crippen LogP contribution in [0.3, 0.4) is 0 Å². The van der Waals surface area contributed by atoms with Crippen molar-refractivity contribution in [3.63, 3.8) is 0 Å². The monoisotopic (exact) mass is 313 g/mol. The number of carbonyl (C=O) groups excluding carboxylic acids is 1. The van der Waals surface area contributed by atoms with Crippen LogP contribution in [0.25, 0.3) is 0 Å². The highest BCUT2D eigenvalue weighted by atomic mass is 16.5. The van der Waals surface area contributed by atoms with Crippen LogP contribution in [0.5, 0.6) is 0 Å². The van der Waals surface area contributed by atoms with E-state index in [2.05, 4.69) is 24.3 Å². The number of nitrogens with zero attached hydrogens (tertiary/aromatic N) is 1. The van der Waals surface area contributed by atoms with Gasteiger partial charge in [-0.25, -0.2) is 0 Å². The van der Waals surface area contributed by atoms with E-state index in [4.69, 9.17) is 9.15 Å². The van der Waals surface area contributed by atoms with Crippen molar-refractivity contribution in [3.8, 4) is 0 Å². The number of hydrogen-bond acceptors (Lipinski definition) is 3. The average Bonchev–Trinajstić information content (AvgIpc) is 3.01. The van der Waals surface area contributed by atoms with Gasteiger partial charge in [0.25, 0.3) is 5.91 Å². The topological polar surface area (TPSA) is 42.7 Å². The highest BCUT2D eigenvalue weighted by Crippen LogP contribution is 2.25. The number of ether oxygens (including phenoxy) is 1. The van der Waals surface area contributed by atoms with Gasteiger partial charge in [0.15, 0.2) is 5.76 Å². The summed E-state index contributed by atoms with van der Waals surface area (Å²) in [5.74, 6) is 1.47. The fraction of sp³-hybridized carbons (Fsp3) is 0.421. The molecule has 1 aromatic heterocycles. The smallest absolute Gasteiger partial charge is 0.289 e. The van der Waals surface area contributed by atoms with Gasteiger partial charge >= 0.3 is 0 Å². The van der Waals surface area contributed by atoms with E-state index >= 15 is 0 Å². The Morgan fingerprint density at radius 1 is 1.26 bits per heavy atom. The van der Waals surface area contributed by atoms with Crippen molar-refractivity contribution in [3.05, 3.63) is 59.5 Å². The number of aryl methyl sites for hydroxylation is 1. The summed E-state index contributed by atoms with van der Waals surface area (Å²) in [6, 6.07) is 14.0. The molecule has 0 spiro atoms. The Bertz CT molecular complexity index is 650. The average molecular weight is 313 g/mol. The Hall–Kier alpha value is -2.07. The molecule has 1 aromatic carbocycles. The van der Waals surface area contributed by atoms with Crippen molar-refractivity contribution < 1.29 is 13.9 Å². The third kappa shape index (κ3) is 3.64. The van der Waals surface area contributed by atoms with Crippen molar-refractivity contribution >= 4 is 5.91 Å². The zero-order chi connectivity index (χ0) is 16.2. The number of rotatable bonds is 4. The van der Waals surface area contributed by atoms with Crippen LogP contribution in [0, 0.1) is 12.8 Å². The molecule has 3 rings (SSSR count). The van der Waals surface area contributed by atoms with Gasteiger partial charge in [0.1, 0.15) is 5.76 Å². The van der Waals surface area contributed by atoms with E-state index in [1.165, 1.54) is 5.56 Å². The molecule has 4 nitrogen and oxygen atoms in total. The van der Waals surface area contributed by atoms with E-state index in [1.807, 2.05) is 24.0 Å². The number of methoxy groups -OCH3 is 1. The van der Waals surface area contributed by atoms with Gasteiger partial charge in [-0.3, -0.25) is 4.79 Å². The van der Waals surface area contributed by atoms with Crippen LogP contribution in [0.15, 0.2) is 46.9 Å². The van der Waals surface area contributed by atoms with Crippen LogP contribution in [-0.2, 0) is 11.2 Å². The van der Waals surface area contributed by atoms with Crippen molar-refractivity contribution in [1.29, 1.82) is 0 Å². The van der Waals surface area contributed by atoms with E-state index in [0.717, 1.165) is 18.6 Å². The molecule has 0 saturated carbocycles. The van der Waals surface area contributed by atoms with E-state index in [1.54, 1.807) is 13.2 Å². The lowest BCUT2D eigenvalue weighted by Gasteiger charge is -2.37. The van der Waals surface area contributed by atoms with Crippen molar-refractivity contribution in [2.75, 3.05) is 20.2 Å². The van der Waals surface area contributed by atoms with Gasteiger partial charge in [0, 0.05) is 26.1 Å². The molecule has 0 unspecified atom stereocenters. The number of furan rings is 1. The highest BCUT2D eigenvalue weighted by Gasteiger charge is 2.32. The fourth-order valence-electron chi connectivity index (χ4n) is 3.32. The molecule has 1 aliphatic heterocycles. The zero-order valence-corrected chi connectivity index (χ0v) is 13.7. The van der Waals surface area contributed by atoms with Gasteiger partial charge < -0.3 is 14.1 Å². The van der Waals surface area contributed by atoms with Crippen molar-refractivity contribution in [2.24, 2.45) is 5.92 Å². The summed E-state index contributed by atoms with van der Waals surface area (Å²) in [4.78, 5) is 14.5. The Morgan fingerprint density at radius 2 is 2.04 bits per heavy atom. The molecule has 1 fully saturated rings. The van der Waals surface area contributed by atoms with E-state index in [9.17, 15) is 4.79 Å². The second kappa shape index (κ2) is 7.01. The number of hydrogen-bond donors (Lipinski definition) is 0. The Labute approximate surface area is 137 Å². The largest absolute Gasteiger partial charge is 0.456 e. The van der Waals surface area contributed by atoms with E-state index in [0.29, 0.717) is 24.8 Å². The first-order valence-electron chi connectivity index (χ1n) is 8.10. The lowest BCUT2D eigenvalue weighted by atomic mass is 9.88. The quantitative estimate of drug-likeness (QED) is 0.870. The molecule has 2 heterocycles. The predicted molar refractivity (Wildman–Crippen MR) is 88.4 cm³/mol. The Kier molecular flexibility index (Phi) is 4.82. The standard InChI is InChI=1S/C19H23NO3/c1-14-8-9-18(23-14)19(21)20-11-10-17(22-2)16(13-20)12-15-6-4-3-5-7-15/h3-9,16-17H,10-13H2,1-2H3/t16-,17-/m0/s1. The molecular weight excluding hydrogens is 290 g/mol. The van der Waals surface area contributed by atoms with Gasteiger partial charge in [-0.05, 0) is 37.5 Å². The second-order valence-electron chi connectivity index (χ2n) is 6.17. The lowest BCUT2D eigenvalue weighted by molar-refractivity contribution is -0.00392. The van der Waals surface area contributed by atoms with E-state index in [-0.39, 0.29) is 12.0 Å². The maximum absolute atomic E-state index is 12.6. The van der Waals surface area contributed by atoms with Crippen LogP contribution >= 0.6 is 0 Å². The van der Waals surface area contributed by atoms with E-state index < -0.39 is 0 Å². The first kappa shape index (κ1) is 15.8. The molecule has 122 valence electrons. The molecule has 1 saturated heterocycles. The van der Waals surface area contributed by atoms with Crippen LogP contribution in [0.2, 0.25) is 0 Å². The number of benzene rings is 1. The SMILES string of the molecule is CO[C@H]1CCN(C(=O)c2ccc(C)o2)C[C@@H]1Cc1ccccc1. The molecule has 2 atom stereocenters. The second-order valence-corrected chi connectivity index (χ2v) is 6.17. The zero-order valence-electron chi connectivity index (χ0n) is 13.7. The molecule has 0 radical (unpaired) electrons. The maximum Gasteiger partial charge on any atom is 0.289 e.